The molecule has 1 unspecified atom stereocenters. The number of hydrogen-bond donors (Lipinski definition) is 2. The Morgan fingerprint density at radius 3 is 2.76 bits per heavy atom. The van der Waals surface area contributed by atoms with Crippen molar-refractivity contribution >= 4 is 45.9 Å². The van der Waals surface area contributed by atoms with Gasteiger partial charge >= 0.3 is 0 Å². The summed E-state index contributed by atoms with van der Waals surface area (Å²) in [6, 6.07) is 5.60. The monoisotopic (exact) mass is 524 g/mol. The van der Waals surface area contributed by atoms with Crippen LogP contribution in [0.5, 0.6) is 0 Å². The highest BCUT2D eigenvalue weighted by molar-refractivity contribution is 14.0. The van der Waals surface area contributed by atoms with Gasteiger partial charge in [0.05, 0.1) is 19.4 Å². The molecule has 2 aromatic heterocycles. The van der Waals surface area contributed by atoms with Gasteiger partial charge in [-0.15, -0.1) is 24.0 Å². The summed E-state index contributed by atoms with van der Waals surface area (Å²) in [6.07, 6.45) is 3.58. The first-order chi connectivity index (χ1) is 11.3. The summed E-state index contributed by atoms with van der Waals surface area (Å²) < 4.78 is 8.43. The summed E-state index contributed by atoms with van der Waals surface area (Å²) in [6.45, 7) is 5.39. The molecule has 6 nitrogen and oxygen atoms in total. The van der Waals surface area contributed by atoms with Crippen molar-refractivity contribution in [1.29, 1.82) is 0 Å². The van der Waals surface area contributed by atoms with E-state index in [9.17, 15) is 5.11 Å². The fraction of sp³-hybridized carbons (Fsp3) is 0.471. The maximum absolute atomic E-state index is 10.6. The first-order valence-electron chi connectivity index (χ1n) is 7.90. The molecule has 2 aromatic rings. The van der Waals surface area contributed by atoms with Crippen LogP contribution in [0.2, 0.25) is 0 Å². The second-order valence-corrected chi connectivity index (χ2v) is 6.95. The molecule has 2 rings (SSSR count). The fourth-order valence-corrected chi connectivity index (χ4v) is 2.97. The number of halogens is 2. The lowest BCUT2D eigenvalue weighted by Crippen LogP contribution is -2.40. The van der Waals surface area contributed by atoms with Crippen molar-refractivity contribution in [1.82, 2.24) is 14.8 Å². The van der Waals surface area contributed by atoms with Gasteiger partial charge in [-0.25, -0.2) is 4.99 Å². The van der Waals surface area contributed by atoms with Gasteiger partial charge in [-0.3, -0.25) is 0 Å². The molecule has 2 N–H and O–H groups in total. The van der Waals surface area contributed by atoms with Crippen LogP contribution in [-0.4, -0.2) is 40.7 Å². The molecule has 2 heterocycles. The van der Waals surface area contributed by atoms with Gasteiger partial charge in [0.1, 0.15) is 11.4 Å². The summed E-state index contributed by atoms with van der Waals surface area (Å²) in [4.78, 5) is 6.61. The predicted octanol–water partition coefficient (Wildman–Crippen LogP) is 3.30. The van der Waals surface area contributed by atoms with E-state index in [0.29, 0.717) is 12.3 Å². The molecule has 0 spiro atoms. The van der Waals surface area contributed by atoms with Gasteiger partial charge in [0.2, 0.25) is 0 Å². The fourth-order valence-electron chi connectivity index (χ4n) is 2.40. The van der Waals surface area contributed by atoms with E-state index in [1.54, 1.807) is 25.3 Å². The molecule has 0 radical (unpaired) electrons. The minimum absolute atomic E-state index is 0. The summed E-state index contributed by atoms with van der Waals surface area (Å²) >= 11 is 3.49. The van der Waals surface area contributed by atoms with Crippen molar-refractivity contribution in [3.8, 4) is 0 Å². The molecule has 8 heteroatoms. The topological polar surface area (TPSA) is 65.9 Å². The molecule has 0 aliphatic heterocycles. The summed E-state index contributed by atoms with van der Waals surface area (Å²) in [5.74, 6) is 1.25. The van der Waals surface area contributed by atoms with Crippen LogP contribution in [0.25, 0.3) is 0 Å². The van der Waals surface area contributed by atoms with Crippen molar-refractivity contribution in [3.05, 3.63) is 46.6 Å². The van der Waals surface area contributed by atoms with Gasteiger partial charge in [0.15, 0.2) is 5.96 Å². The third-order valence-electron chi connectivity index (χ3n) is 3.76. The highest BCUT2D eigenvalue weighted by Crippen LogP contribution is 2.21. The number of guanidine groups is 1. The van der Waals surface area contributed by atoms with E-state index in [-0.39, 0.29) is 30.5 Å². The maximum Gasteiger partial charge on any atom is 0.194 e. The summed E-state index contributed by atoms with van der Waals surface area (Å²) in [5.41, 5.74) is 0.0201. The van der Waals surface area contributed by atoms with E-state index in [0.717, 1.165) is 22.7 Å². The average molecular weight is 525 g/mol. The Balaban J connectivity index is 0.00000312. The van der Waals surface area contributed by atoms with Crippen LogP contribution in [0.3, 0.4) is 0 Å². The SMILES string of the molecule is CCNC(=NCC(C)(O)c1ccco1)N(C)Cc1cc(Br)cn1C.I. The van der Waals surface area contributed by atoms with Crippen LogP contribution in [0.15, 0.2) is 44.5 Å². The van der Waals surface area contributed by atoms with Gasteiger partial charge in [-0.05, 0) is 48.0 Å². The predicted molar refractivity (Wildman–Crippen MR) is 114 cm³/mol. The zero-order chi connectivity index (χ0) is 17.7. The molecule has 0 fully saturated rings. The average Bonchev–Trinajstić information content (AvgIpc) is 3.14. The minimum Gasteiger partial charge on any atom is -0.466 e. The van der Waals surface area contributed by atoms with E-state index < -0.39 is 5.60 Å². The standard InChI is InChI=1S/C17H25BrN4O2.HI/c1-5-19-16(20-12-17(2,23)15-7-6-8-24-15)22(4)11-14-9-13(18)10-21(14)3;/h6-10,23H,5,11-12H2,1-4H3,(H,19,20);1H. The maximum atomic E-state index is 10.6. The number of rotatable bonds is 6. The summed E-state index contributed by atoms with van der Waals surface area (Å²) in [7, 11) is 3.99. The van der Waals surface area contributed by atoms with Crippen LogP contribution in [0, 0.1) is 0 Å². The van der Waals surface area contributed by atoms with E-state index >= 15 is 0 Å². The number of nitrogens with zero attached hydrogens (tertiary/aromatic N) is 3. The lowest BCUT2D eigenvalue weighted by Gasteiger charge is -2.24. The quantitative estimate of drug-likeness (QED) is 0.346. The lowest BCUT2D eigenvalue weighted by atomic mass is 10.0. The molecule has 0 aromatic carbocycles. The van der Waals surface area contributed by atoms with Gasteiger partial charge < -0.3 is 24.3 Å². The minimum atomic E-state index is -1.14. The Labute approximate surface area is 174 Å². The Morgan fingerprint density at radius 1 is 1.52 bits per heavy atom. The van der Waals surface area contributed by atoms with Crippen molar-refractivity contribution < 1.29 is 9.52 Å². The molecule has 0 amide bonds. The Morgan fingerprint density at radius 2 is 2.24 bits per heavy atom. The van der Waals surface area contributed by atoms with E-state index in [1.807, 2.05) is 32.1 Å². The second kappa shape index (κ2) is 9.63. The Kier molecular flexibility index (Phi) is 8.49. The normalized spacial score (nSPS) is 13.9. The third-order valence-corrected chi connectivity index (χ3v) is 4.19. The molecular formula is C17H26BrIN4O2. The number of aliphatic hydroxyl groups is 1. The van der Waals surface area contributed by atoms with Crippen molar-refractivity contribution in [3.63, 3.8) is 0 Å². The number of hydrogen-bond acceptors (Lipinski definition) is 3. The van der Waals surface area contributed by atoms with Crippen LogP contribution >= 0.6 is 39.9 Å². The zero-order valence-electron chi connectivity index (χ0n) is 15.0. The number of nitrogens with one attached hydrogen (secondary N) is 1. The Hall–Kier alpha value is -1.000. The van der Waals surface area contributed by atoms with Crippen LogP contribution in [0.4, 0.5) is 0 Å². The molecule has 0 aliphatic carbocycles. The zero-order valence-corrected chi connectivity index (χ0v) is 18.9. The molecule has 140 valence electrons. The van der Waals surface area contributed by atoms with Crippen LogP contribution in [-0.2, 0) is 19.2 Å². The number of aryl methyl sites for hydroxylation is 1. The van der Waals surface area contributed by atoms with E-state index in [1.165, 1.54) is 0 Å². The third kappa shape index (κ3) is 6.03. The van der Waals surface area contributed by atoms with Crippen molar-refractivity contribution in [2.75, 3.05) is 20.1 Å². The number of furan rings is 1. The molecule has 0 saturated heterocycles. The first-order valence-corrected chi connectivity index (χ1v) is 8.69. The molecule has 0 saturated carbocycles. The lowest BCUT2D eigenvalue weighted by molar-refractivity contribution is 0.0435. The number of aromatic nitrogens is 1. The molecular weight excluding hydrogens is 499 g/mol. The van der Waals surface area contributed by atoms with E-state index in [4.69, 9.17) is 4.42 Å². The van der Waals surface area contributed by atoms with E-state index in [2.05, 4.69) is 36.9 Å². The molecule has 1 atom stereocenters. The van der Waals surface area contributed by atoms with Crippen LogP contribution in [0.1, 0.15) is 25.3 Å². The molecule has 0 bridgehead atoms. The van der Waals surface area contributed by atoms with Gasteiger partial charge in [-0.2, -0.15) is 0 Å². The first kappa shape index (κ1) is 22.0. The molecule has 25 heavy (non-hydrogen) atoms. The Bertz CT molecular complexity index is 683. The smallest absolute Gasteiger partial charge is 0.194 e. The second-order valence-electron chi connectivity index (χ2n) is 6.04. The number of aliphatic imine (C=N–C) groups is 1. The van der Waals surface area contributed by atoms with Crippen molar-refractivity contribution in [2.24, 2.45) is 12.0 Å². The summed E-state index contributed by atoms with van der Waals surface area (Å²) in [5, 5.41) is 13.8. The van der Waals surface area contributed by atoms with Gasteiger partial charge in [0, 0.05) is 37.0 Å². The van der Waals surface area contributed by atoms with Crippen LogP contribution < -0.4 is 5.32 Å². The highest BCUT2D eigenvalue weighted by Gasteiger charge is 2.26. The van der Waals surface area contributed by atoms with Gasteiger partial charge in [0.25, 0.3) is 0 Å². The molecule has 0 aliphatic rings. The van der Waals surface area contributed by atoms with Gasteiger partial charge in [-0.1, -0.05) is 0 Å². The largest absolute Gasteiger partial charge is 0.466 e. The highest BCUT2D eigenvalue weighted by atomic mass is 127. The van der Waals surface area contributed by atoms with Crippen molar-refractivity contribution in [2.45, 2.75) is 26.0 Å².